The summed E-state index contributed by atoms with van der Waals surface area (Å²) >= 11 is 0. The number of ether oxygens (including phenoxy) is 1. The standard InChI is InChI=1S/C20H28F3N5O2/c1-6-24-18(25-10-9-17-27-13(2)28-30-17)26-12-14-7-8-15(29-19(3,4)5)11-16(14)20(21,22)23/h7-8,11H,6,9-10,12H2,1-5H3,(H2,24,25,26). The van der Waals surface area contributed by atoms with Crippen molar-refractivity contribution in [2.24, 2.45) is 4.99 Å². The van der Waals surface area contributed by atoms with Crippen molar-refractivity contribution in [2.45, 2.75) is 59.4 Å². The van der Waals surface area contributed by atoms with Crippen molar-refractivity contribution in [1.29, 1.82) is 0 Å². The molecule has 166 valence electrons. The molecule has 1 heterocycles. The third-order valence-corrected chi connectivity index (χ3v) is 3.76. The molecule has 7 nitrogen and oxygen atoms in total. The van der Waals surface area contributed by atoms with Crippen LogP contribution < -0.4 is 15.4 Å². The summed E-state index contributed by atoms with van der Waals surface area (Å²) in [6.07, 6.45) is -4.04. The van der Waals surface area contributed by atoms with E-state index in [4.69, 9.17) is 9.26 Å². The molecule has 0 bridgehead atoms. The van der Waals surface area contributed by atoms with Crippen molar-refractivity contribution in [3.8, 4) is 5.75 Å². The Labute approximate surface area is 174 Å². The van der Waals surface area contributed by atoms with Crippen LogP contribution in [-0.2, 0) is 19.1 Å². The van der Waals surface area contributed by atoms with Gasteiger partial charge in [0, 0.05) is 19.5 Å². The Bertz CT molecular complexity index is 857. The van der Waals surface area contributed by atoms with Crippen LogP contribution >= 0.6 is 0 Å². The third-order valence-electron chi connectivity index (χ3n) is 3.76. The lowest BCUT2D eigenvalue weighted by molar-refractivity contribution is -0.138. The van der Waals surface area contributed by atoms with E-state index in [0.717, 1.165) is 6.07 Å². The van der Waals surface area contributed by atoms with Crippen LogP contribution in [-0.4, -0.2) is 34.8 Å². The second-order valence-electron chi connectivity index (χ2n) is 7.64. The van der Waals surface area contributed by atoms with Crippen molar-refractivity contribution in [3.63, 3.8) is 0 Å². The Morgan fingerprint density at radius 3 is 2.50 bits per heavy atom. The van der Waals surface area contributed by atoms with Crippen molar-refractivity contribution in [3.05, 3.63) is 41.0 Å². The molecule has 2 rings (SSSR count). The summed E-state index contributed by atoms with van der Waals surface area (Å²) in [5, 5.41) is 9.78. The van der Waals surface area contributed by atoms with Gasteiger partial charge in [0.2, 0.25) is 5.89 Å². The number of rotatable bonds is 7. The molecule has 0 spiro atoms. The first-order valence-corrected chi connectivity index (χ1v) is 9.68. The molecule has 0 aliphatic rings. The summed E-state index contributed by atoms with van der Waals surface area (Å²) in [4.78, 5) is 8.39. The zero-order chi connectivity index (χ0) is 22.4. The number of nitrogens with one attached hydrogen (secondary N) is 2. The molecule has 0 fully saturated rings. The number of nitrogens with zero attached hydrogens (tertiary/aromatic N) is 3. The Hall–Kier alpha value is -2.78. The highest BCUT2D eigenvalue weighted by atomic mass is 19.4. The summed E-state index contributed by atoms with van der Waals surface area (Å²) in [7, 11) is 0. The van der Waals surface area contributed by atoms with E-state index in [9.17, 15) is 13.2 Å². The van der Waals surface area contributed by atoms with Crippen molar-refractivity contribution in [2.75, 3.05) is 13.1 Å². The number of guanidine groups is 1. The topological polar surface area (TPSA) is 84.6 Å². The summed E-state index contributed by atoms with van der Waals surface area (Å²) in [6, 6.07) is 3.95. The Morgan fingerprint density at radius 1 is 1.20 bits per heavy atom. The van der Waals surface area contributed by atoms with Crippen molar-refractivity contribution in [1.82, 2.24) is 20.8 Å². The van der Waals surface area contributed by atoms with Gasteiger partial charge in [-0.2, -0.15) is 18.2 Å². The van der Waals surface area contributed by atoms with E-state index in [1.165, 1.54) is 12.1 Å². The van der Waals surface area contributed by atoms with Crippen LogP contribution in [0.1, 0.15) is 50.5 Å². The van der Waals surface area contributed by atoms with Crippen LogP contribution in [0.15, 0.2) is 27.7 Å². The van der Waals surface area contributed by atoms with Gasteiger partial charge in [0.15, 0.2) is 11.8 Å². The van der Waals surface area contributed by atoms with E-state index in [0.29, 0.717) is 37.2 Å². The minimum Gasteiger partial charge on any atom is -0.488 e. The third kappa shape index (κ3) is 7.57. The number of aromatic nitrogens is 2. The molecule has 0 aliphatic carbocycles. The van der Waals surface area contributed by atoms with E-state index in [1.54, 1.807) is 27.7 Å². The lowest BCUT2D eigenvalue weighted by atomic mass is 10.1. The van der Waals surface area contributed by atoms with E-state index in [2.05, 4.69) is 25.8 Å². The Balaban J connectivity index is 2.12. The fraction of sp³-hybridized carbons (Fsp3) is 0.550. The quantitative estimate of drug-likeness (QED) is 0.516. The predicted molar refractivity (Wildman–Crippen MR) is 107 cm³/mol. The van der Waals surface area contributed by atoms with Gasteiger partial charge in [-0.15, -0.1) is 0 Å². The van der Waals surface area contributed by atoms with Crippen molar-refractivity contribution < 1.29 is 22.4 Å². The highest BCUT2D eigenvalue weighted by Gasteiger charge is 2.34. The summed E-state index contributed by atoms with van der Waals surface area (Å²) in [5.41, 5.74) is -1.29. The molecule has 2 N–H and O–H groups in total. The normalized spacial score (nSPS) is 12.7. The lowest BCUT2D eigenvalue weighted by Crippen LogP contribution is -2.38. The van der Waals surface area contributed by atoms with Crippen LogP contribution in [0.4, 0.5) is 13.2 Å². The number of aliphatic imine (C=N–C) groups is 1. The molecule has 0 unspecified atom stereocenters. The first-order valence-electron chi connectivity index (χ1n) is 9.68. The van der Waals surface area contributed by atoms with Gasteiger partial charge in [-0.3, -0.25) is 0 Å². The minimum atomic E-state index is -4.51. The zero-order valence-corrected chi connectivity index (χ0v) is 17.9. The van der Waals surface area contributed by atoms with Gasteiger partial charge in [-0.1, -0.05) is 11.2 Å². The van der Waals surface area contributed by atoms with E-state index >= 15 is 0 Å². The number of benzene rings is 1. The molecular formula is C20H28F3N5O2. The van der Waals surface area contributed by atoms with Crippen LogP contribution in [0.2, 0.25) is 0 Å². The first kappa shape index (κ1) is 23.5. The smallest absolute Gasteiger partial charge is 0.416 e. The summed E-state index contributed by atoms with van der Waals surface area (Å²) in [5.74, 6) is 1.59. The Morgan fingerprint density at radius 2 is 1.93 bits per heavy atom. The molecule has 2 aromatic rings. The van der Waals surface area contributed by atoms with Crippen LogP contribution in [0.5, 0.6) is 5.75 Å². The van der Waals surface area contributed by atoms with Gasteiger partial charge in [-0.05, 0) is 52.3 Å². The maximum atomic E-state index is 13.6. The van der Waals surface area contributed by atoms with Gasteiger partial charge in [0.1, 0.15) is 11.4 Å². The maximum Gasteiger partial charge on any atom is 0.416 e. The molecule has 0 aliphatic heterocycles. The summed E-state index contributed by atoms with van der Waals surface area (Å²) < 4.78 is 51.3. The van der Waals surface area contributed by atoms with E-state index in [-0.39, 0.29) is 17.9 Å². The van der Waals surface area contributed by atoms with Crippen LogP contribution in [0.25, 0.3) is 0 Å². The molecule has 30 heavy (non-hydrogen) atoms. The predicted octanol–water partition coefficient (Wildman–Crippen LogP) is 3.87. The maximum absolute atomic E-state index is 13.6. The van der Waals surface area contributed by atoms with Gasteiger partial charge in [0.25, 0.3) is 0 Å². The molecule has 0 amide bonds. The van der Waals surface area contributed by atoms with Gasteiger partial charge >= 0.3 is 6.18 Å². The van der Waals surface area contributed by atoms with Crippen molar-refractivity contribution >= 4 is 5.96 Å². The molecule has 1 aromatic heterocycles. The average Bonchev–Trinajstić information content (AvgIpc) is 3.03. The molecule has 0 saturated carbocycles. The Kier molecular flexibility index (Phi) is 7.69. The largest absolute Gasteiger partial charge is 0.488 e. The molecule has 0 saturated heterocycles. The second-order valence-corrected chi connectivity index (χ2v) is 7.64. The van der Waals surface area contributed by atoms with Gasteiger partial charge in [0.05, 0.1) is 12.1 Å². The number of halogens is 3. The molecular weight excluding hydrogens is 399 g/mol. The summed E-state index contributed by atoms with van der Waals surface area (Å²) in [6.45, 7) is 9.81. The van der Waals surface area contributed by atoms with Crippen LogP contribution in [0, 0.1) is 6.92 Å². The van der Waals surface area contributed by atoms with Crippen LogP contribution in [0.3, 0.4) is 0 Å². The highest BCUT2D eigenvalue weighted by molar-refractivity contribution is 5.79. The highest BCUT2D eigenvalue weighted by Crippen LogP contribution is 2.35. The molecule has 1 aromatic carbocycles. The number of hydrogen-bond acceptors (Lipinski definition) is 5. The molecule has 10 heteroatoms. The van der Waals surface area contributed by atoms with E-state index < -0.39 is 17.3 Å². The minimum absolute atomic E-state index is 0.0634. The SMILES string of the molecule is CCNC(=NCc1ccc(OC(C)(C)C)cc1C(F)(F)F)NCCc1nc(C)no1. The van der Waals surface area contributed by atoms with E-state index in [1.807, 2.05) is 6.92 Å². The van der Waals surface area contributed by atoms with Gasteiger partial charge in [-0.25, -0.2) is 4.99 Å². The fourth-order valence-electron chi connectivity index (χ4n) is 2.61. The number of aryl methyl sites for hydroxylation is 1. The number of hydrogen-bond donors (Lipinski definition) is 2. The fourth-order valence-corrected chi connectivity index (χ4v) is 2.61. The molecule has 0 atom stereocenters. The average molecular weight is 427 g/mol. The lowest BCUT2D eigenvalue weighted by Gasteiger charge is -2.22. The zero-order valence-electron chi connectivity index (χ0n) is 17.9. The van der Waals surface area contributed by atoms with Gasteiger partial charge < -0.3 is 19.9 Å². The second kappa shape index (κ2) is 9.82. The monoisotopic (exact) mass is 427 g/mol. The first-order chi connectivity index (χ1) is 14.0. The number of alkyl halides is 3. The molecule has 0 radical (unpaired) electrons.